The molecule has 2 rings (SSSR count). The third-order valence-corrected chi connectivity index (χ3v) is 4.20. The van der Waals surface area contributed by atoms with Gasteiger partial charge < -0.3 is 20.1 Å². The summed E-state index contributed by atoms with van der Waals surface area (Å²) in [6.45, 7) is 4.42. The summed E-state index contributed by atoms with van der Waals surface area (Å²) in [5.74, 6) is 1.90. The number of methoxy groups -OCH3 is 2. The van der Waals surface area contributed by atoms with Crippen LogP contribution in [0.2, 0.25) is 0 Å². The first-order valence-electron chi connectivity index (χ1n) is 7.97. The summed E-state index contributed by atoms with van der Waals surface area (Å²) in [6.07, 6.45) is 1.13. The summed E-state index contributed by atoms with van der Waals surface area (Å²) in [4.78, 5) is 0. The molecule has 0 saturated heterocycles. The standard InChI is InChI=1S/C19H24N2O2S/c1-5-13(2)14-6-8-15(9-7-14)20-19(24)21-16-10-11-17(22-3)18(12-16)23-4/h6-13H,5H2,1-4H3,(H2,20,21,24)/t13-/m0/s1. The lowest BCUT2D eigenvalue weighted by atomic mass is 9.99. The molecule has 0 spiro atoms. The smallest absolute Gasteiger partial charge is 0.175 e. The molecule has 0 aliphatic heterocycles. The zero-order valence-electron chi connectivity index (χ0n) is 14.6. The second-order valence-corrected chi connectivity index (χ2v) is 5.99. The molecule has 4 nitrogen and oxygen atoms in total. The lowest BCUT2D eigenvalue weighted by Crippen LogP contribution is -2.19. The fourth-order valence-electron chi connectivity index (χ4n) is 2.34. The molecule has 24 heavy (non-hydrogen) atoms. The maximum atomic E-state index is 5.37. The Morgan fingerprint density at radius 2 is 1.54 bits per heavy atom. The highest BCUT2D eigenvalue weighted by molar-refractivity contribution is 7.80. The Balaban J connectivity index is 2.00. The number of hydrogen-bond acceptors (Lipinski definition) is 3. The van der Waals surface area contributed by atoms with Crippen molar-refractivity contribution in [3.05, 3.63) is 48.0 Å². The van der Waals surface area contributed by atoms with Crippen LogP contribution in [0.4, 0.5) is 11.4 Å². The summed E-state index contributed by atoms with van der Waals surface area (Å²) in [6, 6.07) is 13.9. The van der Waals surface area contributed by atoms with E-state index in [1.807, 2.05) is 30.3 Å². The molecule has 0 aromatic heterocycles. The third-order valence-electron chi connectivity index (χ3n) is 3.99. The highest BCUT2D eigenvalue weighted by atomic mass is 32.1. The molecule has 1 atom stereocenters. The van der Waals surface area contributed by atoms with Gasteiger partial charge in [0.2, 0.25) is 0 Å². The fraction of sp³-hybridized carbons (Fsp3) is 0.316. The molecule has 2 N–H and O–H groups in total. The Kier molecular flexibility index (Phi) is 6.44. The molecule has 0 fully saturated rings. The second-order valence-electron chi connectivity index (χ2n) is 5.58. The summed E-state index contributed by atoms with van der Waals surface area (Å²) < 4.78 is 10.5. The van der Waals surface area contributed by atoms with Gasteiger partial charge in [-0.25, -0.2) is 0 Å². The van der Waals surface area contributed by atoms with Gasteiger partial charge in [0.15, 0.2) is 16.6 Å². The van der Waals surface area contributed by atoms with E-state index >= 15 is 0 Å². The summed E-state index contributed by atoms with van der Waals surface area (Å²) in [5, 5.41) is 6.87. The first-order chi connectivity index (χ1) is 11.6. The molecule has 0 aliphatic carbocycles. The van der Waals surface area contributed by atoms with Gasteiger partial charge in [-0.2, -0.15) is 0 Å². The van der Waals surface area contributed by atoms with Crippen LogP contribution in [0.15, 0.2) is 42.5 Å². The van der Waals surface area contributed by atoms with Crippen molar-refractivity contribution in [1.29, 1.82) is 0 Å². The fourth-order valence-corrected chi connectivity index (χ4v) is 2.57. The molecule has 0 aliphatic rings. The van der Waals surface area contributed by atoms with E-state index in [1.165, 1.54) is 5.56 Å². The van der Waals surface area contributed by atoms with Gasteiger partial charge in [0.05, 0.1) is 14.2 Å². The van der Waals surface area contributed by atoms with Crippen LogP contribution in [0.1, 0.15) is 31.7 Å². The van der Waals surface area contributed by atoms with Crippen molar-refractivity contribution in [3.8, 4) is 11.5 Å². The largest absolute Gasteiger partial charge is 0.493 e. The van der Waals surface area contributed by atoms with Crippen molar-refractivity contribution in [2.45, 2.75) is 26.2 Å². The number of hydrogen-bond donors (Lipinski definition) is 2. The molecule has 128 valence electrons. The average molecular weight is 344 g/mol. The van der Waals surface area contributed by atoms with E-state index in [9.17, 15) is 0 Å². The molecule has 2 aromatic rings. The Morgan fingerprint density at radius 1 is 0.958 bits per heavy atom. The van der Waals surface area contributed by atoms with Crippen molar-refractivity contribution in [2.24, 2.45) is 0 Å². The predicted octanol–water partition coefficient (Wildman–Crippen LogP) is 5.03. The molecule has 0 amide bonds. The van der Waals surface area contributed by atoms with E-state index in [0.29, 0.717) is 22.5 Å². The molecule has 0 heterocycles. The molecule has 5 heteroatoms. The molecular formula is C19H24N2O2S. The molecule has 0 radical (unpaired) electrons. The molecule has 2 aromatic carbocycles. The van der Waals surface area contributed by atoms with Crippen molar-refractivity contribution in [3.63, 3.8) is 0 Å². The van der Waals surface area contributed by atoms with Gasteiger partial charge in [0.25, 0.3) is 0 Å². The van der Waals surface area contributed by atoms with Gasteiger partial charge in [-0.05, 0) is 54.4 Å². The SMILES string of the molecule is CC[C@H](C)c1ccc(NC(=S)Nc2ccc(OC)c(OC)c2)cc1. The monoisotopic (exact) mass is 344 g/mol. The van der Waals surface area contributed by atoms with Gasteiger partial charge in [-0.3, -0.25) is 0 Å². The maximum absolute atomic E-state index is 5.37. The van der Waals surface area contributed by atoms with E-state index < -0.39 is 0 Å². The van der Waals surface area contributed by atoms with E-state index in [0.717, 1.165) is 17.8 Å². The number of ether oxygens (including phenoxy) is 2. The van der Waals surface area contributed by atoms with Gasteiger partial charge >= 0.3 is 0 Å². The number of benzene rings is 2. The van der Waals surface area contributed by atoms with E-state index in [2.05, 4.69) is 36.6 Å². The van der Waals surface area contributed by atoms with E-state index in [-0.39, 0.29) is 0 Å². The summed E-state index contributed by atoms with van der Waals surface area (Å²) in [7, 11) is 3.22. The minimum absolute atomic E-state index is 0.526. The van der Waals surface area contributed by atoms with Gasteiger partial charge in [-0.1, -0.05) is 26.0 Å². The quantitative estimate of drug-likeness (QED) is 0.720. The van der Waals surface area contributed by atoms with Gasteiger partial charge in [-0.15, -0.1) is 0 Å². The van der Waals surface area contributed by atoms with Crippen LogP contribution in [0.25, 0.3) is 0 Å². The minimum Gasteiger partial charge on any atom is -0.493 e. The normalized spacial score (nSPS) is 11.5. The number of anilines is 2. The minimum atomic E-state index is 0.526. The first-order valence-corrected chi connectivity index (χ1v) is 8.38. The van der Waals surface area contributed by atoms with Crippen molar-refractivity contribution in [2.75, 3.05) is 24.9 Å². The van der Waals surface area contributed by atoms with E-state index in [4.69, 9.17) is 21.7 Å². The summed E-state index contributed by atoms with van der Waals surface area (Å²) >= 11 is 5.37. The van der Waals surface area contributed by atoms with Crippen LogP contribution in [-0.2, 0) is 0 Å². The second kappa shape index (κ2) is 8.55. The number of nitrogens with one attached hydrogen (secondary N) is 2. The highest BCUT2D eigenvalue weighted by Crippen LogP contribution is 2.29. The zero-order valence-corrected chi connectivity index (χ0v) is 15.4. The maximum Gasteiger partial charge on any atom is 0.175 e. The summed E-state index contributed by atoms with van der Waals surface area (Å²) in [5.41, 5.74) is 3.13. The molecule has 0 bridgehead atoms. The average Bonchev–Trinajstić information content (AvgIpc) is 2.61. The molecule has 0 saturated carbocycles. The van der Waals surface area contributed by atoms with Crippen LogP contribution >= 0.6 is 12.2 Å². The Bertz CT molecular complexity index is 686. The Morgan fingerprint density at radius 3 is 2.12 bits per heavy atom. The van der Waals surface area contributed by atoms with Crippen molar-refractivity contribution < 1.29 is 9.47 Å². The lowest BCUT2D eigenvalue weighted by molar-refractivity contribution is 0.355. The zero-order chi connectivity index (χ0) is 17.5. The van der Waals surface area contributed by atoms with Gasteiger partial charge in [0, 0.05) is 17.4 Å². The number of thiocarbonyl (C=S) groups is 1. The highest BCUT2D eigenvalue weighted by Gasteiger charge is 2.06. The third kappa shape index (κ3) is 4.61. The molecular weight excluding hydrogens is 320 g/mol. The van der Waals surface area contributed by atoms with Crippen LogP contribution in [0.5, 0.6) is 11.5 Å². The van der Waals surface area contributed by atoms with Crippen LogP contribution < -0.4 is 20.1 Å². The van der Waals surface area contributed by atoms with Crippen LogP contribution in [0.3, 0.4) is 0 Å². The van der Waals surface area contributed by atoms with Gasteiger partial charge in [0.1, 0.15) is 0 Å². The number of rotatable bonds is 6. The Labute approximate surface area is 149 Å². The predicted molar refractivity (Wildman–Crippen MR) is 105 cm³/mol. The lowest BCUT2D eigenvalue weighted by Gasteiger charge is -2.14. The van der Waals surface area contributed by atoms with Crippen LogP contribution in [0, 0.1) is 0 Å². The van der Waals surface area contributed by atoms with E-state index in [1.54, 1.807) is 14.2 Å². The first kappa shape index (κ1) is 18.1. The Hall–Kier alpha value is -2.27. The van der Waals surface area contributed by atoms with Crippen LogP contribution in [-0.4, -0.2) is 19.3 Å². The topological polar surface area (TPSA) is 42.5 Å². The van der Waals surface area contributed by atoms with Crippen molar-refractivity contribution in [1.82, 2.24) is 0 Å². The van der Waals surface area contributed by atoms with Crippen molar-refractivity contribution >= 4 is 28.7 Å². The molecule has 0 unspecified atom stereocenters.